The summed E-state index contributed by atoms with van der Waals surface area (Å²) < 4.78 is 27.1. The molecule has 0 aliphatic carbocycles. The van der Waals surface area contributed by atoms with Crippen LogP contribution in [0.5, 0.6) is 0 Å². The van der Waals surface area contributed by atoms with E-state index in [2.05, 4.69) is 5.32 Å². The second kappa shape index (κ2) is 10.6. The third-order valence-electron chi connectivity index (χ3n) is 5.89. The van der Waals surface area contributed by atoms with Crippen molar-refractivity contribution in [1.82, 2.24) is 14.5 Å². The summed E-state index contributed by atoms with van der Waals surface area (Å²) in [6.45, 7) is 1.07. The van der Waals surface area contributed by atoms with Crippen LogP contribution in [0.2, 0.25) is 0 Å². The topological polar surface area (TPSA) is 86.8 Å². The predicted molar refractivity (Wildman–Crippen MR) is 129 cm³/mol. The maximum atomic E-state index is 13.1. The lowest BCUT2D eigenvalue weighted by Gasteiger charge is -2.34. The number of hydrogen-bond donors (Lipinski definition) is 1. The molecule has 0 aromatic heterocycles. The molecular weight excluding hydrogens is 450 g/mol. The van der Waals surface area contributed by atoms with E-state index in [4.69, 9.17) is 0 Å². The van der Waals surface area contributed by atoms with Gasteiger partial charge in [0, 0.05) is 31.7 Å². The molecule has 8 heteroatoms. The van der Waals surface area contributed by atoms with E-state index >= 15 is 0 Å². The molecule has 0 unspecified atom stereocenters. The van der Waals surface area contributed by atoms with Crippen LogP contribution >= 0.6 is 0 Å². The van der Waals surface area contributed by atoms with E-state index in [9.17, 15) is 18.0 Å². The van der Waals surface area contributed by atoms with Gasteiger partial charge in [-0.25, -0.2) is 8.42 Å². The monoisotopic (exact) mass is 477 g/mol. The molecule has 2 amide bonds. The molecule has 1 aliphatic rings. The molecule has 1 aliphatic heterocycles. The van der Waals surface area contributed by atoms with Crippen molar-refractivity contribution >= 4 is 21.8 Å². The van der Waals surface area contributed by atoms with Crippen LogP contribution in [0.3, 0.4) is 0 Å². The van der Waals surface area contributed by atoms with Gasteiger partial charge in [0.25, 0.3) is 5.91 Å². The minimum atomic E-state index is -3.59. The largest absolute Gasteiger partial charge is 0.345 e. The van der Waals surface area contributed by atoms with Gasteiger partial charge in [0.1, 0.15) is 0 Å². The van der Waals surface area contributed by atoms with Crippen LogP contribution in [-0.2, 0) is 14.8 Å². The lowest BCUT2D eigenvalue weighted by molar-refractivity contribution is -0.132. The van der Waals surface area contributed by atoms with Gasteiger partial charge in [-0.2, -0.15) is 4.31 Å². The van der Waals surface area contributed by atoms with E-state index in [0.717, 1.165) is 5.56 Å². The zero-order valence-electron chi connectivity index (χ0n) is 18.7. The Hall–Kier alpha value is -3.49. The molecule has 0 radical (unpaired) electrons. The number of carbonyl (C=O) groups is 2. The first-order valence-corrected chi connectivity index (χ1v) is 12.6. The summed E-state index contributed by atoms with van der Waals surface area (Å²) in [5, 5.41) is 2.98. The zero-order chi connectivity index (χ0) is 24.0. The minimum absolute atomic E-state index is 0.0913. The van der Waals surface area contributed by atoms with Crippen LogP contribution in [0.25, 0.3) is 0 Å². The Morgan fingerprint density at radius 3 is 1.88 bits per heavy atom. The highest BCUT2D eigenvalue weighted by Crippen LogP contribution is 2.21. The van der Waals surface area contributed by atoms with Crippen molar-refractivity contribution in [3.05, 3.63) is 102 Å². The number of carbonyl (C=O) groups excluding carboxylic acids is 2. The number of benzene rings is 3. The summed E-state index contributed by atoms with van der Waals surface area (Å²) in [6.07, 6.45) is 0.0913. The number of sulfonamides is 1. The standard InChI is InChI=1S/C26H27N3O4S/c30-25(28-16-18-29(19-17-28)34(32,33)23-14-8-3-9-15-23)20-24(21-10-4-1-5-11-21)27-26(31)22-12-6-2-7-13-22/h1-15,24H,16-20H2,(H,27,31)/t24-/m1/s1. The summed E-state index contributed by atoms with van der Waals surface area (Å²) in [4.78, 5) is 27.8. The quantitative estimate of drug-likeness (QED) is 0.567. The average Bonchev–Trinajstić information content (AvgIpc) is 2.90. The van der Waals surface area contributed by atoms with Crippen molar-refractivity contribution in [3.63, 3.8) is 0 Å². The van der Waals surface area contributed by atoms with Crippen molar-refractivity contribution in [3.8, 4) is 0 Å². The van der Waals surface area contributed by atoms with Crippen LogP contribution in [0.15, 0.2) is 95.9 Å². The van der Waals surface area contributed by atoms with Crippen LogP contribution in [-0.4, -0.2) is 55.6 Å². The lowest BCUT2D eigenvalue weighted by Crippen LogP contribution is -2.51. The van der Waals surface area contributed by atoms with Gasteiger partial charge >= 0.3 is 0 Å². The fourth-order valence-corrected chi connectivity index (χ4v) is 5.44. The zero-order valence-corrected chi connectivity index (χ0v) is 19.5. The average molecular weight is 478 g/mol. The van der Waals surface area contributed by atoms with E-state index in [0.29, 0.717) is 18.7 Å². The summed E-state index contributed by atoms with van der Waals surface area (Å²) >= 11 is 0. The van der Waals surface area contributed by atoms with Gasteiger partial charge in [-0.1, -0.05) is 66.7 Å². The first-order valence-electron chi connectivity index (χ1n) is 11.2. The second-order valence-corrected chi connectivity index (χ2v) is 10.0. The summed E-state index contributed by atoms with van der Waals surface area (Å²) in [5.41, 5.74) is 1.36. The molecule has 0 bridgehead atoms. The number of rotatable bonds is 7. The fraction of sp³-hybridized carbons (Fsp3) is 0.231. The molecule has 0 spiro atoms. The lowest BCUT2D eigenvalue weighted by atomic mass is 10.0. The fourth-order valence-electron chi connectivity index (χ4n) is 3.99. The Bertz CT molecular complexity index is 1210. The molecule has 1 saturated heterocycles. The molecule has 3 aromatic rings. The summed E-state index contributed by atoms with van der Waals surface area (Å²) in [6, 6.07) is 26.1. The molecule has 7 nitrogen and oxygen atoms in total. The number of hydrogen-bond acceptors (Lipinski definition) is 4. The molecular formula is C26H27N3O4S. The number of nitrogens with zero attached hydrogens (tertiary/aromatic N) is 2. The molecule has 1 fully saturated rings. The Balaban J connectivity index is 1.42. The normalized spacial score (nSPS) is 15.5. The van der Waals surface area contributed by atoms with E-state index in [-0.39, 0.29) is 36.2 Å². The molecule has 0 saturated carbocycles. The molecule has 4 rings (SSSR count). The molecule has 176 valence electrons. The van der Waals surface area contributed by atoms with Crippen LogP contribution in [0.1, 0.15) is 28.4 Å². The Morgan fingerprint density at radius 1 is 0.765 bits per heavy atom. The van der Waals surface area contributed by atoms with Crippen LogP contribution in [0, 0.1) is 0 Å². The van der Waals surface area contributed by atoms with E-state index < -0.39 is 16.1 Å². The van der Waals surface area contributed by atoms with Gasteiger partial charge in [0.05, 0.1) is 17.4 Å². The summed E-state index contributed by atoms with van der Waals surface area (Å²) in [5.74, 6) is -0.375. The van der Waals surface area contributed by atoms with Crippen molar-refractivity contribution in [2.75, 3.05) is 26.2 Å². The molecule has 3 aromatic carbocycles. The maximum absolute atomic E-state index is 13.1. The SMILES string of the molecule is O=C(N[C@H](CC(=O)N1CCN(S(=O)(=O)c2ccccc2)CC1)c1ccccc1)c1ccccc1. The van der Waals surface area contributed by atoms with Crippen molar-refractivity contribution < 1.29 is 18.0 Å². The maximum Gasteiger partial charge on any atom is 0.251 e. The van der Waals surface area contributed by atoms with Crippen molar-refractivity contribution in [2.45, 2.75) is 17.4 Å². The third-order valence-corrected chi connectivity index (χ3v) is 7.81. The number of piperazine rings is 1. The van der Waals surface area contributed by atoms with Crippen LogP contribution < -0.4 is 5.32 Å². The van der Waals surface area contributed by atoms with Crippen LogP contribution in [0.4, 0.5) is 0 Å². The highest BCUT2D eigenvalue weighted by Gasteiger charge is 2.31. The molecule has 1 atom stereocenters. The van der Waals surface area contributed by atoms with E-state index in [1.165, 1.54) is 4.31 Å². The van der Waals surface area contributed by atoms with Gasteiger partial charge in [-0.05, 0) is 29.8 Å². The highest BCUT2D eigenvalue weighted by molar-refractivity contribution is 7.89. The van der Waals surface area contributed by atoms with Gasteiger partial charge < -0.3 is 10.2 Å². The second-order valence-electron chi connectivity index (χ2n) is 8.10. The summed E-state index contributed by atoms with van der Waals surface area (Å²) in [7, 11) is -3.59. The first-order chi connectivity index (χ1) is 16.4. The molecule has 1 heterocycles. The van der Waals surface area contributed by atoms with Gasteiger partial charge in [0.15, 0.2) is 0 Å². The highest BCUT2D eigenvalue weighted by atomic mass is 32.2. The molecule has 34 heavy (non-hydrogen) atoms. The number of amides is 2. The first kappa shape index (κ1) is 23.7. The predicted octanol–water partition coefficient (Wildman–Crippen LogP) is 3.08. The minimum Gasteiger partial charge on any atom is -0.345 e. The van der Waals surface area contributed by atoms with Gasteiger partial charge in [-0.15, -0.1) is 0 Å². The van der Waals surface area contributed by atoms with Crippen molar-refractivity contribution in [2.24, 2.45) is 0 Å². The van der Waals surface area contributed by atoms with E-state index in [1.807, 2.05) is 36.4 Å². The van der Waals surface area contributed by atoms with E-state index in [1.54, 1.807) is 59.5 Å². The molecule has 1 N–H and O–H groups in total. The Labute approximate surface area is 200 Å². The third kappa shape index (κ3) is 5.52. The Kier molecular flexibility index (Phi) is 7.40. The van der Waals surface area contributed by atoms with Gasteiger partial charge in [0.2, 0.25) is 15.9 Å². The van der Waals surface area contributed by atoms with Gasteiger partial charge in [-0.3, -0.25) is 9.59 Å². The number of nitrogens with one attached hydrogen (secondary N) is 1. The Morgan fingerprint density at radius 2 is 1.29 bits per heavy atom. The smallest absolute Gasteiger partial charge is 0.251 e. The van der Waals surface area contributed by atoms with Crippen molar-refractivity contribution in [1.29, 1.82) is 0 Å².